The molecule has 0 spiro atoms. The fourth-order valence-electron chi connectivity index (χ4n) is 3.08. The maximum absolute atomic E-state index is 12.3. The molecule has 0 heterocycles. The summed E-state index contributed by atoms with van der Waals surface area (Å²) in [5.74, 6) is -3.63. The normalized spacial score (nSPS) is 17.1. The van der Waals surface area contributed by atoms with Crippen LogP contribution >= 0.6 is 0 Å². The Labute approximate surface area is 194 Å². The van der Waals surface area contributed by atoms with Crippen molar-refractivity contribution in [1.82, 2.24) is 0 Å². The predicted octanol–water partition coefficient (Wildman–Crippen LogP) is 5.87. The molecule has 0 bridgehead atoms. The van der Waals surface area contributed by atoms with Gasteiger partial charge < -0.3 is 9.47 Å². The lowest BCUT2D eigenvalue weighted by Crippen LogP contribution is -2.39. The van der Waals surface area contributed by atoms with Crippen LogP contribution in [-0.4, -0.2) is 37.7 Å². The summed E-state index contributed by atoms with van der Waals surface area (Å²) >= 11 is 0. The van der Waals surface area contributed by atoms with E-state index >= 15 is 0 Å². The highest BCUT2D eigenvalue weighted by Crippen LogP contribution is 2.28. The molecule has 4 atom stereocenters. The van der Waals surface area contributed by atoms with Gasteiger partial charge in [-0.1, -0.05) is 53.4 Å². The molecule has 0 aromatic heterocycles. The van der Waals surface area contributed by atoms with Gasteiger partial charge in [-0.2, -0.15) is 0 Å². The number of rotatable bonds is 19. The molecule has 0 N–H and O–H groups in total. The molecule has 8 heteroatoms. The Hall–Kier alpha value is -1.22. The first-order valence-electron chi connectivity index (χ1n) is 12.0. The maximum Gasteiger partial charge on any atom is 0.345 e. The second-order valence-corrected chi connectivity index (χ2v) is 8.64. The van der Waals surface area contributed by atoms with Gasteiger partial charge in [-0.3, -0.25) is 9.78 Å². The highest BCUT2D eigenvalue weighted by atomic mass is 17.2. The van der Waals surface area contributed by atoms with E-state index < -0.39 is 23.5 Å². The van der Waals surface area contributed by atoms with E-state index in [0.29, 0.717) is 12.8 Å². The number of hydrogen-bond acceptors (Lipinski definition) is 8. The minimum Gasteiger partial charge on any atom is -0.350 e. The van der Waals surface area contributed by atoms with Crippen LogP contribution in [0, 0.1) is 11.8 Å². The van der Waals surface area contributed by atoms with Crippen LogP contribution in [-0.2, 0) is 38.6 Å². The van der Waals surface area contributed by atoms with Crippen LogP contribution in [0.2, 0.25) is 0 Å². The van der Waals surface area contributed by atoms with E-state index in [4.69, 9.17) is 29.0 Å². The summed E-state index contributed by atoms with van der Waals surface area (Å²) in [6.07, 6.45) is 7.34. The molecule has 0 rings (SSSR count). The predicted molar refractivity (Wildman–Crippen MR) is 121 cm³/mol. The lowest BCUT2D eigenvalue weighted by atomic mass is 10.00. The molecule has 0 aliphatic carbocycles. The van der Waals surface area contributed by atoms with Gasteiger partial charge in [0, 0.05) is 27.1 Å². The average Bonchev–Trinajstić information content (AvgIpc) is 2.81. The molecule has 0 radical (unpaired) electrons. The lowest BCUT2D eigenvalue weighted by molar-refractivity contribution is -0.417. The Balaban J connectivity index is 4.81. The average molecular weight is 463 g/mol. The van der Waals surface area contributed by atoms with Crippen molar-refractivity contribution in [2.24, 2.45) is 11.8 Å². The molecular weight excluding hydrogens is 416 g/mol. The van der Waals surface area contributed by atoms with Crippen molar-refractivity contribution in [3.05, 3.63) is 0 Å². The van der Waals surface area contributed by atoms with Gasteiger partial charge >= 0.3 is 11.9 Å². The van der Waals surface area contributed by atoms with E-state index in [-0.39, 0.29) is 24.7 Å². The number of carbonyl (C=O) groups is 2. The molecule has 0 fully saturated rings. The van der Waals surface area contributed by atoms with Crippen molar-refractivity contribution in [1.29, 1.82) is 0 Å². The monoisotopic (exact) mass is 462 g/mol. The molecule has 190 valence electrons. The standard InChI is InChI=1S/C24H46O8/c1-9-13-15-19(11-3)21(25)29-31-23(5,27-7)17-18-24(6,28-8)32-30-22(26)20(12-4)16-14-10-2/h19-20H,9-18H2,1-8H3. The van der Waals surface area contributed by atoms with Gasteiger partial charge in [-0.25, -0.2) is 9.59 Å². The van der Waals surface area contributed by atoms with Crippen molar-refractivity contribution in [2.45, 2.75) is 117 Å². The number of methoxy groups -OCH3 is 2. The summed E-state index contributed by atoms with van der Waals surface area (Å²) in [5, 5.41) is 0. The van der Waals surface area contributed by atoms with Gasteiger partial charge in [0.2, 0.25) is 11.6 Å². The fraction of sp³-hybridized carbons (Fsp3) is 0.917. The van der Waals surface area contributed by atoms with E-state index in [9.17, 15) is 9.59 Å². The van der Waals surface area contributed by atoms with Crippen molar-refractivity contribution in [2.75, 3.05) is 14.2 Å². The van der Waals surface area contributed by atoms with Crippen LogP contribution in [0.1, 0.15) is 106 Å². The Bertz CT molecular complexity index is 480. The van der Waals surface area contributed by atoms with Gasteiger partial charge in [-0.05, 0) is 39.5 Å². The molecule has 0 aliphatic rings. The van der Waals surface area contributed by atoms with Crippen LogP contribution in [0.15, 0.2) is 0 Å². The third-order valence-corrected chi connectivity index (χ3v) is 5.96. The van der Waals surface area contributed by atoms with Gasteiger partial charge in [0.1, 0.15) is 0 Å². The molecule has 0 amide bonds. The lowest BCUT2D eigenvalue weighted by Gasteiger charge is -2.31. The Morgan fingerprint density at radius 2 is 1.03 bits per heavy atom. The van der Waals surface area contributed by atoms with Gasteiger partial charge in [-0.15, -0.1) is 9.78 Å². The summed E-state index contributed by atoms with van der Waals surface area (Å²) < 4.78 is 10.9. The van der Waals surface area contributed by atoms with Crippen LogP contribution in [0.3, 0.4) is 0 Å². The first-order valence-corrected chi connectivity index (χ1v) is 12.0. The van der Waals surface area contributed by atoms with Crippen LogP contribution in [0.4, 0.5) is 0 Å². The number of ether oxygens (including phenoxy) is 2. The topological polar surface area (TPSA) is 89.5 Å². The van der Waals surface area contributed by atoms with Crippen molar-refractivity contribution < 1.29 is 38.6 Å². The maximum atomic E-state index is 12.3. The second kappa shape index (κ2) is 16.4. The fourth-order valence-corrected chi connectivity index (χ4v) is 3.08. The molecular formula is C24H46O8. The number of hydrogen-bond donors (Lipinski definition) is 0. The highest BCUT2D eigenvalue weighted by Gasteiger charge is 2.36. The zero-order valence-corrected chi connectivity index (χ0v) is 21.5. The molecule has 8 nitrogen and oxygen atoms in total. The molecule has 4 unspecified atom stereocenters. The van der Waals surface area contributed by atoms with Crippen molar-refractivity contribution in [3.63, 3.8) is 0 Å². The quantitative estimate of drug-likeness (QED) is 0.134. The first-order chi connectivity index (χ1) is 15.1. The summed E-state index contributed by atoms with van der Waals surface area (Å²) in [7, 11) is 2.93. The van der Waals surface area contributed by atoms with E-state index in [2.05, 4.69) is 13.8 Å². The minimum atomic E-state index is -1.21. The third kappa shape index (κ3) is 11.6. The zero-order valence-electron chi connectivity index (χ0n) is 21.5. The Kier molecular flexibility index (Phi) is 15.8. The third-order valence-electron chi connectivity index (χ3n) is 5.96. The molecule has 0 aliphatic heterocycles. The zero-order chi connectivity index (χ0) is 24.6. The van der Waals surface area contributed by atoms with Crippen LogP contribution < -0.4 is 0 Å². The van der Waals surface area contributed by atoms with Crippen molar-refractivity contribution in [3.8, 4) is 0 Å². The largest absolute Gasteiger partial charge is 0.350 e. The van der Waals surface area contributed by atoms with Gasteiger partial charge in [0.25, 0.3) is 0 Å². The van der Waals surface area contributed by atoms with Crippen molar-refractivity contribution >= 4 is 11.9 Å². The highest BCUT2D eigenvalue weighted by molar-refractivity contribution is 5.72. The van der Waals surface area contributed by atoms with Crippen LogP contribution in [0.5, 0.6) is 0 Å². The summed E-state index contributed by atoms with van der Waals surface area (Å²) in [5.41, 5.74) is 0. The molecule has 0 aromatic rings. The SMILES string of the molecule is CCCCC(CC)C(=O)OOC(C)(CCC(C)(OC)OOC(=O)C(CC)CCCC)OC. The van der Waals surface area contributed by atoms with E-state index in [0.717, 1.165) is 38.5 Å². The molecule has 0 aromatic carbocycles. The minimum absolute atomic E-state index is 0.206. The number of carbonyl (C=O) groups excluding carboxylic acids is 2. The number of unbranched alkanes of at least 4 members (excludes halogenated alkanes) is 2. The van der Waals surface area contributed by atoms with Gasteiger partial charge in [0.05, 0.1) is 11.8 Å². The summed E-state index contributed by atoms with van der Waals surface area (Å²) in [6, 6.07) is 0. The van der Waals surface area contributed by atoms with E-state index in [1.165, 1.54) is 14.2 Å². The van der Waals surface area contributed by atoms with Gasteiger partial charge in [0.15, 0.2) is 0 Å². The Morgan fingerprint density at radius 1 is 0.688 bits per heavy atom. The Morgan fingerprint density at radius 3 is 1.28 bits per heavy atom. The molecule has 0 saturated heterocycles. The summed E-state index contributed by atoms with van der Waals surface area (Å²) in [4.78, 5) is 45.6. The van der Waals surface area contributed by atoms with E-state index in [1.54, 1.807) is 13.8 Å². The van der Waals surface area contributed by atoms with E-state index in [1.807, 2.05) is 13.8 Å². The molecule has 0 saturated carbocycles. The first kappa shape index (κ1) is 30.8. The molecule has 32 heavy (non-hydrogen) atoms. The van der Waals surface area contributed by atoms with Crippen LogP contribution in [0.25, 0.3) is 0 Å². The second-order valence-electron chi connectivity index (χ2n) is 8.64. The summed E-state index contributed by atoms with van der Waals surface area (Å²) in [6.45, 7) is 11.4. The smallest absolute Gasteiger partial charge is 0.345 e.